The molecule has 7 heteroatoms. The minimum absolute atomic E-state index is 0. The molecule has 124 valence electrons. The second kappa shape index (κ2) is 9.85. The lowest BCUT2D eigenvalue weighted by Gasteiger charge is -2.38. The van der Waals surface area contributed by atoms with E-state index in [4.69, 9.17) is 16.3 Å². The second-order valence-corrected chi connectivity index (χ2v) is 7.06. The van der Waals surface area contributed by atoms with E-state index < -0.39 is 0 Å². The van der Waals surface area contributed by atoms with Crippen molar-refractivity contribution in [2.24, 2.45) is 10.4 Å². The van der Waals surface area contributed by atoms with Crippen LogP contribution in [0, 0.1) is 5.41 Å². The Morgan fingerprint density at radius 2 is 2.00 bits per heavy atom. The number of rotatable bonds is 6. The summed E-state index contributed by atoms with van der Waals surface area (Å²) in [5, 5.41) is 7.45. The normalized spacial score (nSPS) is 16.4. The summed E-state index contributed by atoms with van der Waals surface area (Å²) in [4.78, 5) is 5.46. The van der Waals surface area contributed by atoms with Crippen LogP contribution in [0.3, 0.4) is 0 Å². The lowest BCUT2D eigenvalue weighted by atomic mass is 9.89. The molecule has 2 N–H and O–H groups in total. The molecule has 1 aromatic carbocycles. The van der Waals surface area contributed by atoms with Gasteiger partial charge in [0.05, 0.1) is 13.2 Å². The lowest BCUT2D eigenvalue weighted by Crippen LogP contribution is -2.51. The second-order valence-electron chi connectivity index (χ2n) is 5.46. The molecule has 1 saturated heterocycles. The zero-order valence-electron chi connectivity index (χ0n) is 12.9. The van der Waals surface area contributed by atoms with Crippen LogP contribution >= 0.6 is 47.3 Å². The van der Waals surface area contributed by atoms with Gasteiger partial charge in [-0.2, -0.15) is 0 Å². The van der Waals surface area contributed by atoms with Crippen molar-refractivity contribution in [2.75, 3.05) is 39.1 Å². The van der Waals surface area contributed by atoms with Crippen LogP contribution in [0.15, 0.2) is 34.2 Å². The number of ether oxygens (including phenoxy) is 1. The first-order valence-electron chi connectivity index (χ1n) is 7.02. The summed E-state index contributed by atoms with van der Waals surface area (Å²) in [6, 6.07) is 7.91. The van der Waals surface area contributed by atoms with Gasteiger partial charge in [-0.15, -0.1) is 35.7 Å². The minimum Gasteiger partial charge on any atom is -0.380 e. The SMILES string of the molecule is CN=C(NCCSc1ccc(Cl)cc1)NCC1(C)COC1.I. The summed E-state index contributed by atoms with van der Waals surface area (Å²) >= 11 is 7.66. The molecule has 0 aliphatic carbocycles. The molecule has 2 rings (SSSR count). The molecule has 1 fully saturated rings. The van der Waals surface area contributed by atoms with Crippen LogP contribution in [0.5, 0.6) is 0 Å². The van der Waals surface area contributed by atoms with Crippen LogP contribution in [0.25, 0.3) is 0 Å². The summed E-state index contributed by atoms with van der Waals surface area (Å²) in [5.41, 5.74) is 0.246. The zero-order valence-corrected chi connectivity index (χ0v) is 16.8. The number of guanidine groups is 1. The number of thioether (sulfide) groups is 1. The van der Waals surface area contributed by atoms with Crippen molar-refractivity contribution in [1.29, 1.82) is 0 Å². The average Bonchev–Trinajstić information content (AvgIpc) is 2.46. The van der Waals surface area contributed by atoms with Gasteiger partial charge in [0.2, 0.25) is 0 Å². The molecule has 0 saturated carbocycles. The van der Waals surface area contributed by atoms with Crippen molar-refractivity contribution in [3.8, 4) is 0 Å². The maximum atomic E-state index is 5.87. The highest BCUT2D eigenvalue weighted by atomic mass is 127. The molecule has 0 aromatic heterocycles. The fourth-order valence-electron chi connectivity index (χ4n) is 1.94. The molecule has 1 aliphatic heterocycles. The first-order valence-corrected chi connectivity index (χ1v) is 8.38. The van der Waals surface area contributed by atoms with Crippen molar-refractivity contribution in [2.45, 2.75) is 11.8 Å². The van der Waals surface area contributed by atoms with E-state index in [9.17, 15) is 0 Å². The molecule has 0 atom stereocenters. The van der Waals surface area contributed by atoms with Crippen LogP contribution in [-0.2, 0) is 4.74 Å². The van der Waals surface area contributed by atoms with Crippen LogP contribution in [-0.4, -0.2) is 45.1 Å². The number of nitrogens with one attached hydrogen (secondary N) is 2. The van der Waals surface area contributed by atoms with Gasteiger partial charge in [0.15, 0.2) is 5.96 Å². The van der Waals surface area contributed by atoms with E-state index in [2.05, 4.69) is 22.5 Å². The fraction of sp³-hybridized carbons (Fsp3) is 0.533. The molecular weight excluding hydrogens is 433 g/mol. The quantitative estimate of drug-likeness (QED) is 0.227. The van der Waals surface area contributed by atoms with Crippen LogP contribution in [0.2, 0.25) is 5.02 Å². The van der Waals surface area contributed by atoms with Crippen LogP contribution in [0.4, 0.5) is 0 Å². The van der Waals surface area contributed by atoms with Crippen LogP contribution in [0.1, 0.15) is 6.92 Å². The van der Waals surface area contributed by atoms with E-state index in [1.54, 1.807) is 18.8 Å². The number of hydrogen-bond acceptors (Lipinski definition) is 3. The molecule has 1 aliphatic rings. The van der Waals surface area contributed by atoms with Crippen LogP contribution < -0.4 is 10.6 Å². The average molecular weight is 456 g/mol. The molecule has 0 radical (unpaired) electrons. The highest BCUT2D eigenvalue weighted by Crippen LogP contribution is 2.25. The van der Waals surface area contributed by atoms with E-state index in [-0.39, 0.29) is 29.4 Å². The first-order chi connectivity index (χ1) is 10.1. The van der Waals surface area contributed by atoms with Gasteiger partial charge in [0.1, 0.15) is 0 Å². The van der Waals surface area contributed by atoms with Gasteiger partial charge in [-0.05, 0) is 24.3 Å². The van der Waals surface area contributed by atoms with E-state index in [1.807, 2.05) is 24.3 Å². The number of nitrogens with zero attached hydrogens (tertiary/aromatic N) is 1. The topological polar surface area (TPSA) is 45.7 Å². The van der Waals surface area contributed by atoms with E-state index in [1.165, 1.54) is 4.90 Å². The Morgan fingerprint density at radius 1 is 1.32 bits per heavy atom. The standard InChI is InChI=1S/C15H22ClN3OS.HI/c1-15(10-20-11-15)9-19-14(17-2)18-7-8-21-13-5-3-12(16)4-6-13;/h3-6H,7-11H2,1-2H3,(H2,17,18,19);1H. The third-order valence-corrected chi connectivity index (χ3v) is 4.55. The number of halogens is 2. The zero-order chi connectivity index (χ0) is 15.1. The van der Waals surface area contributed by atoms with Gasteiger partial charge >= 0.3 is 0 Å². The van der Waals surface area contributed by atoms with Gasteiger partial charge in [-0.25, -0.2) is 0 Å². The molecule has 1 heterocycles. The monoisotopic (exact) mass is 455 g/mol. The third kappa shape index (κ3) is 6.52. The van der Waals surface area contributed by atoms with Gasteiger partial charge in [-0.3, -0.25) is 4.99 Å². The molecule has 0 bridgehead atoms. The van der Waals surface area contributed by atoms with Gasteiger partial charge < -0.3 is 15.4 Å². The molecule has 0 amide bonds. The Hall–Kier alpha value is -0.180. The van der Waals surface area contributed by atoms with Gasteiger partial charge in [0.25, 0.3) is 0 Å². The number of benzene rings is 1. The predicted octanol–water partition coefficient (Wildman–Crippen LogP) is 3.25. The minimum atomic E-state index is 0. The maximum absolute atomic E-state index is 5.87. The Morgan fingerprint density at radius 3 is 2.55 bits per heavy atom. The predicted molar refractivity (Wildman–Crippen MR) is 106 cm³/mol. The maximum Gasteiger partial charge on any atom is 0.191 e. The number of aliphatic imine (C=N–C) groups is 1. The van der Waals surface area contributed by atoms with Crippen molar-refractivity contribution in [1.82, 2.24) is 10.6 Å². The summed E-state index contributed by atoms with van der Waals surface area (Å²) in [6.45, 7) is 5.61. The van der Waals surface area contributed by atoms with Gasteiger partial charge in [0, 0.05) is 41.2 Å². The van der Waals surface area contributed by atoms with Crippen molar-refractivity contribution >= 4 is 53.3 Å². The summed E-state index contributed by atoms with van der Waals surface area (Å²) in [7, 11) is 1.79. The molecule has 4 nitrogen and oxygen atoms in total. The smallest absolute Gasteiger partial charge is 0.191 e. The fourth-order valence-corrected chi connectivity index (χ4v) is 2.83. The first kappa shape index (κ1) is 19.9. The molecule has 0 unspecified atom stereocenters. The Kier molecular flexibility index (Phi) is 8.89. The van der Waals surface area contributed by atoms with E-state index >= 15 is 0 Å². The molecule has 1 aromatic rings. The van der Waals surface area contributed by atoms with Crippen molar-refractivity contribution in [3.63, 3.8) is 0 Å². The highest BCUT2D eigenvalue weighted by Gasteiger charge is 2.33. The lowest BCUT2D eigenvalue weighted by molar-refractivity contribution is -0.0971. The van der Waals surface area contributed by atoms with Crippen molar-refractivity contribution in [3.05, 3.63) is 29.3 Å². The largest absolute Gasteiger partial charge is 0.380 e. The van der Waals surface area contributed by atoms with Gasteiger partial charge in [-0.1, -0.05) is 18.5 Å². The summed E-state index contributed by atoms with van der Waals surface area (Å²) in [6.07, 6.45) is 0. The highest BCUT2D eigenvalue weighted by molar-refractivity contribution is 14.0. The number of hydrogen-bond donors (Lipinski definition) is 2. The molecule has 22 heavy (non-hydrogen) atoms. The Balaban J connectivity index is 0.00000242. The van der Waals surface area contributed by atoms with E-state index in [0.717, 1.165) is 43.0 Å². The molecular formula is C15H23ClIN3OS. The third-order valence-electron chi connectivity index (χ3n) is 3.28. The summed E-state index contributed by atoms with van der Waals surface area (Å²) < 4.78 is 5.25. The van der Waals surface area contributed by atoms with Crippen molar-refractivity contribution < 1.29 is 4.74 Å². The Labute approximate surface area is 158 Å². The Bertz CT molecular complexity index is 480. The summed E-state index contributed by atoms with van der Waals surface area (Å²) in [5.74, 6) is 1.82. The van der Waals surface area contributed by atoms with E-state index in [0.29, 0.717) is 0 Å². The molecule has 0 spiro atoms.